The fourth-order valence-corrected chi connectivity index (χ4v) is 3.31. The summed E-state index contributed by atoms with van der Waals surface area (Å²) in [6.45, 7) is 3.69. The van der Waals surface area contributed by atoms with Gasteiger partial charge < -0.3 is 9.30 Å². The first-order valence-corrected chi connectivity index (χ1v) is 8.48. The monoisotopic (exact) mass is 341 g/mol. The van der Waals surface area contributed by atoms with E-state index < -0.39 is 6.10 Å². The number of amides is 1. The zero-order chi connectivity index (χ0) is 17.1. The molecule has 0 unspecified atom stereocenters. The lowest BCUT2D eigenvalue weighted by atomic mass is 10.2. The summed E-state index contributed by atoms with van der Waals surface area (Å²) in [5.74, 6) is 0.388. The molecule has 0 bridgehead atoms. The van der Waals surface area contributed by atoms with Gasteiger partial charge in [0.15, 0.2) is 6.10 Å². The standard InChI is InChI=1S/C18H19N3O2S/c1-12-7-6-8-14(11-12)23-13(2)17(22)19-20-18-21(3)15-9-4-5-10-16(15)24-18/h4-11,13H,1-3H3,(H,19,22)/b20-18+/t13-/m0/s1. The Bertz CT molecular complexity index is 943. The van der Waals surface area contributed by atoms with E-state index in [0.717, 1.165) is 20.6 Å². The van der Waals surface area contributed by atoms with Crippen LogP contribution >= 0.6 is 11.3 Å². The topological polar surface area (TPSA) is 55.6 Å². The van der Waals surface area contributed by atoms with Crippen molar-refractivity contribution in [3.8, 4) is 5.75 Å². The zero-order valence-electron chi connectivity index (χ0n) is 13.8. The van der Waals surface area contributed by atoms with Gasteiger partial charge in [-0.15, -0.1) is 5.10 Å². The van der Waals surface area contributed by atoms with Crippen LogP contribution in [0.15, 0.2) is 53.6 Å². The third kappa shape index (κ3) is 3.49. The summed E-state index contributed by atoms with van der Waals surface area (Å²) in [7, 11) is 1.93. The SMILES string of the molecule is Cc1cccc(O[C@@H](C)C(=O)N/N=c2/sc3ccccc3n2C)c1. The highest BCUT2D eigenvalue weighted by atomic mass is 32.1. The summed E-state index contributed by atoms with van der Waals surface area (Å²) < 4.78 is 8.73. The molecule has 24 heavy (non-hydrogen) atoms. The molecule has 3 rings (SSSR count). The number of nitrogens with one attached hydrogen (secondary N) is 1. The Hall–Kier alpha value is -2.60. The first kappa shape index (κ1) is 16.3. The summed E-state index contributed by atoms with van der Waals surface area (Å²) in [4.78, 5) is 12.9. The van der Waals surface area contributed by atoms with Crippen LogP contribution in [0.1, 0.15) is 12.5 Å². The second-order valence-corrected chi connectivity index (χ2v) is 6.58. The number of rotatable bonds is 4. The molecule has 0 radical (unpaired) electrons. The van der Waals surface area contributed by atoms with E-state index >= 15 is 0 Å². The third-order valence-electron chi connectivity index (χ3n) is 3.65. The summed E-state index contributed by atoms with van der Waals surface area (Å²) in [5, 5.41) is 4.23. The van der Waals surface area contributed by atoms with Gasteiger partial charge in [0.2, 0.25) is 4.80 Å². The number of hydrogen-bond donors (Lipinski definition) is 1. The number of aromatic nitrogens is 1. The molecule has 1 N–H and O–H groups in total. The van der Waals surface area contributed by atoms with Crippen LogP contribution < -0.4 is 15.0 Å². The third-order valence-corrected chi connectivity index (χ3v) is 4.76. The van der Waals surface area contributed by atoms with Crippen molar-refractivity contribution >= 4 is 27.5 Å². The molecule has 0 spiro atoms. The van der Waals surface area contributed by atoms with Gasteiger partial charge in [-0.05, 0) is 43.7 Å². The number of ether oxygens (including phenoxy) is 1. The first-order valence-electron chi connectivity index (χ1n) is 7.66. The van der Waals surface area contributed by atoms with Crippen molar-refractivity contribution in [3.63, 3.8) is 0 Å². The molecule has 1 aromatic heterocycles. The van der Waals surface area contributed by atoms with Crippen molar-refractivity contribution < 1.29 is 9.53 Å². The fourth-order valence-electron chi connectivity index (χ4n) is 2.33. The van der Waals surface area contributed by atoms with Crippen molar-refractivity contribution in [3.05, 3.63) is 58.9 Å². The van der Waals surface area contributed by atoms with E-state index in [-0.39, 0.29) is 5.91 Å². The van der Waals surface area contributed by atoms with E-state index in [9.17, 15) is 4.79 Å². The Morgan fingerprint density at radius 3 is 2.79 bits per heavy atom. The van der Waals surface area contributed by atoms with Gasteiger partial charge in [0.25, 0.3) is 5.91 Å². The number of benzene rings is 2. The van der Waals surface area contributed by atoms with Gasteiger partial charge in [0.05, 0.1) is 10.2 Å². The van der Waals surface area contributed by atoms with Crippen molar-refractivity contribution in [2.45, 2.75) is 20.0 Å². The minimum atomic E-state index is -0.629. The molecule has 5 nitrogen and oxygen atoms in total. The van der Waals surface area contributed by atoms with Crippen molar-refractivity contribution in [1.82, 2.24) is 9.99 Å². The molecule has 0 aliphatic carbocycles. The maximum absolute atomic E-state index is 12.2. The Labute approximate surface area is 144 Å². The lowest BCUT2D eigenvalue weighted by Gasteiger charge is -2.13. The highest BCUT2D eigenvalue weighted by Gasteiger charge is 2.14. The molecular weight excluding hydrogens is 322 g/mol. The predicted octanol–water partition coefficient (Wildman–Crippen LogP) is 2.95. The molecule has 0 aliphatic rings. The Balaban J connectivity index is 1.72. The minimum Gasteiger partial charge on any atom is -0.481 e. The van der Waals surface area contributed by atoms with Crippen molar-refractivity contribution in [2.24, 2.45) is 12.1 Å². The van der Waals surface area contributed by atoms with Crippen molar-refractivity contribution in [1.29, 1.82) is 0 Å². The van der Waals surface area contributed by atoms with E-state index in [0.29, 0.717) is 5.75 Å². The summed E-state index contributed by atoms with van der Waals surface area (Å²) in [5.41, 5.74) is 4.75. The molecule has 2 aromatic carbocycles. The van der Waals surface area contributed by atoms with E-state index in [1.54, 1.807) is 6.92 Å². The van der Waals surface area contributed by atoms with E-state index in [1.165, 1.54) is 11.3 Å². The summed E-state index contributed by atoms with van der Waals surface area (Å²) in [6.07, 6.45) is -0.629. The molecule has 6 heteroatoms. The van der Waals surface area contributed by atoms with Gasteiger partial charge in [0.1, 0.15) is 5.75 Å². The quantitative estimate of drug-likeness (QED) is 0.742. The fraction of sp³-hybridized carbons (Fsp3) is 0.222. The van der Waals surface area contributed by atoms with Crippen LogP contribution in [0.4, 0.5) is 0 Å². The van der Waals surface area contributed by atoms with Crippen LogP contribution in [0.3, 0.4) is 0 Å². The van der Waals surface area contributed by atoms with Crippen molar-refractivity contribution in [2.75, 3.05) is 0 Å². The highest BCUT2D eigenvalue weighted by molar-refractivity contribution is 7.16. The van der Waals surface area contributed by atoms with E-state index in [4.69, 9.17) is 4.74 Å². The number of para-hydroxylation sites is 1. The first-order chi connectivity index (χ1) is 11.5. The predicted molar refractivity (Wildman–Crippen MR) is 95.8 cm³/mol. The molecular formula is C18H19N3O2S. The lowest BCUT2D eigenvalue weighted by molar-refractivity contribution is -0.127. The normalized spacial score (nSPS) is 13.0. The second kappa shape index (κ2) is 6.88. The van der Waals surface area contributed by atoms with Gasteiger partial charge in [-0.1, -0.05) is 35.6 Å². The zero-order valence-corrected chi connectivity index (χ0v) is 14.6. The largest absolute Gasteiger partial charge is 0.481 e. The van der Waals surface area contributed by atoms with E-state index in [1.807, 2.05) is 67.1 Å². The average molecular weight is 341 g/mol. The van der Waals surface area contributed by atoms with Gasteiger partial charge >= 0.3 is 0 Å². The van der Waals surface area contributed by atoms with Crippen LogP contribution in [0.5, 0.6) is 5.75 Å². The average Bonchev–Trinajstić information content (AvgIpc) is 2.89. The Morgan fingerprint density at radius 2 is 2.04 bits per heavy atom. The lowest BCUT2D eigenvalue weighted by Crippen LogP contribution is -2.35. The Kier molecular flexibility index (Phi) is 4.66. The molecule has 0 aliphatic heterocycles. The summed E-state index contributed by atoms with van der Waals surface area (Å²) in [6, 6.07) is 15.6. The molecule has 0 fully saturated rings. The van der Waals surface area contributed by atoms with Crippen LogP contribution in [-0.2, 0) is 11.8 Å². The van der Waals surface area contributed by atoms with Gasteiger partial charge in [0, 0.05) is 7.05 Å². The highest BCUT2D eigenvalue weighted by Crippen LogP contribution is 2.15. The molecule has 3 aromatic rings. The number of hydrogen-bond acceptors (Lipinski definition) is 4. The number of fused-ring (bicyclic) bond motifs is 1. The van der Waals surface area contributed by atoms with Crippen LogP contribution in [0.2, 0.25) is 0 Å². The molecule has 1 amide bonds. The summed E-state index contributed by atoms with van der Waals surface area (Å²) >= 11 is 1.52. The van der Waals surface area contributed by atoms with Crippen LogP contribution in [0, 0.1) is 6.92 Å². The van der Waals surface area contributed by atoms with Crippen LogP contribution in [-0.4, -0.2) is 16.6 Å². The number of carbonyl (C=O) groups is 1. The number of thiazole rings is 1. The second-order valence-electron chi connectivity index (χ2n) is 5.58. The number of aryl methyl sites for hydroxylation is 2. The minimum absolute atomic E-state index is 0.283. The number of nitrogens with zero attached hydrogens (tertiary/aromatic N) is 2. The molecule has 0 saturated heterocycles. The molecule has 0 saturated carbocycles. The van der Waals surface area contributed by atoms with Gasteiger partial charge in [-0.3, -0.25) is 4.79 Å². The maximum atomic E-state index is 12.2. The van der Waals surface area contributed by atoms with Gasteiger partial charge in [-0.25, -0.2) is 5.43 Å². The van der Waals surface area contributed by atoms with Gasteiger partial charge in [-0.2, -0.15) is 0 Å². The molecule has 1 heterocycles. The molecule has 124 valence electrons. The Morgan fingerprint density at radius 1 is 1.25 bits per heavy atom. The van der Waals surface area contributed by atoms with E-state index in [2.05, 4.69) is 10.5 Å². The number of carbonyl (C=O) groups excluding carboxylic acids is 1. The smallest absolute Gasteiger partial charge is 0.280 e. The molecule has 1 atom stereocenters. The maximum Gasteiger partial charge on any atom is 0.280 e. The van der Waals surface area contributed by atoms with Crippen LogP contribution in [0.25, 0.3) is 10.2 Å².